The number of pyridine rings is 1. The SMILES string of the molecule is O=C(NCCCO)c1ccc(OCC2CC2)nc1. The van der Waals surface area contributed by atoms with Crippen molar-refractivity contribution in [3.63, 3.8) is 0 Å². The number of aliphatic hydroxyl groups is 1. The molecule has 1 aliphatic rings. The lowest BCUT2D eigenvalue weighted by Gasteiger charge is -2.06. The van der Waals surface area contributed by atoms with Gasteiger partial charge in [-0.2, -0.15) is 0 Å². The fourth-order valence-electron chi connectivity index (χ4n) is 1.47. The number of nitrogens with zero attached hydrogens (tertiary/aromatic N) is 1. The average Bonchev–Trinajstić information content (AvgIpc) is 3.21. The number of aromatic nitrogens is 1. The molecule has 2 rings (SSSR count). The van der Waals surface area contributed by atoms with Crippen LogP contribution in [0.1, 0.15) is 29.6 Å². The molecule has 0 aliphatic heterocycles. The summed E-state index contributed by atoms with van der Waals surface area (Å²) in [7, 11) is 0. The summed E-state index contributed by atoms with van der Waals surface area (Å²) in [5.41, 5.74) is 0.506. The van der Waals surface area contributed by atoms with Crippen molar-refractivity contribution in [2.75, 3.05) is 19.8 Å². The molecule has 2 N–H and O–H groups in total. The van der Waals surface area contributed by atoms with E-state index in [0.717, 1.165) is 6.61 Å². The van der Waals surface area contributed by atoms with Gasteiger partial charge in [0.2, 0.25) is 5.88 Å². The Morgan fingerprint density at radius 2 is 2.33 bits per heavy atom. The maximum absolute atomic E-state index is 11.6. The zero-order valence-corrected chi connectivity index (χ0v) is 10.3. The van der Waals surface area contributed by atoms with E-state index in [4.69, 9.17) is 9.84 Å². The van der Waals surface area contributed by atoms with Gasteiger partial charge in [-0.25, -0.2) is 4.98 Å². The molecule has 1 aliphatic carbocycles. The molecule has 1 aromatic heterocycles. The van der Waals surface area contributed by atoms with Gasteiger partial charge in [0, 0.05) is 25.4 Å². The molecule has 0 atom stereocenters. The van der Waals surface area contributed by atoms with Crippen molar-refractivity contribution in [3.05, 3.63) is 23.9 Å². The first kappa shape index (κ1) is 12.8. The van der Waals surface area contributed by atoms with Crippen LogP contribution >= 0.6 is 0 Å². The van der Waals surface area contributed by atoms with E-state index in [0.29, 0.717) is 30.3 Å². The maximum Gasteiger partial charge on any atom is 0.252 e. The highest BCUT2D eigenvalue weighted by atomic mass is 16.5. The first-order chi connectivity index (χ1) is 8.79. The van der Waals surface area contributed by atoms with E-state index in [2.05, 4.69) is 10.3 Å². The Labute approximate surface area is 106 Å². The van der Waals surface area contributed by atoms with Crippen LogP contribution in [0.2, 0.25) is 0 Å². The fourth-order valence-corrected chi connectivity index (χ4v) is 1.47. The number of amides is 1. The zero-order chi connectivity index (χ0) is 12.8. The summed E-state index contributed by atoms with van der Waals surface area (Å²) in [5, 5.41) is 11.3. The number of hydrogen-bond acceptors (Lipinski definition) is 4. The smallest absolute Gasteiger partial charge is 0.252 e. The Balaban J connectivity index is 1.79. The fraction of sp³-hybridized carbons (Fsp3) is 0.538. The van der Waals surface area contributed by atoms with E-state index in [1.165, 1.54) is 19.0 Å². The van der Waals surface area contributed by atoms with Crippen LogP contribution in [-0.4, -0.2) is 35.8 Å². The predicted octanol–water partition coefficient (Wildman–Crippen LogP) is 0.983. The lowest BCUT2D eigenvalue weighted by atomic mass is 10.2. The van der Waals surface area contributed by atoms with Crippen LogP contribution in [0.5, 0.6) is 5.88 Å². The van der Waals surface area contributed by atoms with Gasteiger partial charge < -0.3 is 15.2 Å². The van der Waals surface area contributed by atoms with Crippen molar-refractivity contribution in [1.82, 2.24) is 10.3 Å². The number of hydrogen-bond donors (Lipinski definition) is 2. The molecule has 0 saturated heterocycles. The van der Waals surface area contributed by atoms with Gasteiger partial charge in [-0.05, 0) is 31.2 Å². The Kier molecular flexibility index (Phi) is 4.52. The second kappa shape index (κ2) is 6.35. The topological polar surface area (TPSA) is 71.5 Å². The van der Waals surface area contributed by atoms with Gasteiger partial charge in [0.25, 0.3) is 5.91 Å². The van der Waals surface area contributed by atoms with Crippen molar-refractivity contribution in [1.29, 1.82) is 0 Å². The Hall–Kier alpha value is -1.62. The van der Waals surface area contributed by atoms with E-state index in [-0.39, 0.29) is 12.5 Å². The van der Waals surface area contributed by atoms with Crippen LogP contribution in [0.15, 0.2) is 18.3 Å². The Bertz CT molecular complexity index is 388. The highest BCUT2D eigenvalue weighted by Crippen LogP contribution is 2.29. The number of carbonyl (C=O) groups excluding carboxylic acids is 1. The Morgan fingerprint density at radius 3 is 2.94 bits per heavy atom. The molecule has 1 amide bonds. The van der Waals surface area contributed by atoms with E-state index in [9.17, 15) is 4.79 Å². The third-order valence-electron chi connectivity index (χ3n) is 2.78. The average molecular weight is 250 g/mol. The van der Waals surface area contributed by atoms with Gasteiger partial charge >= 0.3 is 0 Å². The molecular weight excluding hydrogens is 232 g/mol. The van der Waals surface area contributed by atoms with Gasteiger partial charge in [0.1, 0.15) is 0 Å². The minimum Gasteiger partial charge on any atom is -0.477 e. The van der Waals surface area contributed by atoms with Crippen LogP contribution in [0.4, 0.5) is 0 Å². The third-order valence-corrected chi connectivity index (χ3v) is 2.78. The molecule has 1 heterocycles. The number of nitrogens with one attached hydrogen (secondary N) is 1. The molecule has 18 heavy (non-hydrogen) atoms. The minimum atomic E-state index is -0.176. The minimum absolute atomic E-state index is 0.0759. The highest BCUT2D eigenvalue weighted by Gasteiger charge is 2.22. The van der Waals surface area contributed by atoms with E-state index >= 15 is 0 Å². The predicted molar refractivity (Wildman–Crippen MR) is 66.5 cm³/mol. The summed E-state index contributed by atoms with van der Waals surface area (Å²) in [4.78, 5) is 15.7. The molecule has 5 heteroatoms. The summed E-state index contributed by atoms with van der Waals surface area (Å²) in [6.07, 6.45) is 4.55. The number of carbonyl (C=O) groups is 1. The lowest BCUT2D eigenvalue weighted by Crippen LogP contribution is -2.25. The van der Waals surface area contributed by atoms with Crippen molar-refractivity contribution in [3.8, 4) is 5.88 Å². The second-order valence-electron chi connectivity index (χ2n) is 4.47. The quantitative estimate of drug-likeness (QED) is 0.708. The molecule has 1 aromatic rings. The normalized spacial score (nSPS) is 14.3. The van der Waals surface area contributed by atoms with Crippen LogP contribution < -0.4 is 10.1 Å². The van der Waals surface area contributed by atoms with Crippen molar-refractivity contribution in [2.45, 2.75) is 19.3 Å². The third kappa shape index (κ3) is 4.00. The standard InChI is InChI=1S/C13H18N2O3/c16-7-1-6-14-13(17)11-4-5-12(15-8-11)18-9-10-2-3-10/h4-5,8,10,16H,1-3,6-7,9H2,(H,14,17). The first-order valence-electron chi connectivity index (χ1n) is 6.27. The summed E-state index contributed by atoms with van der Waals surface area (Å²) >= 11 is 0. The summed E-state index contributed by atoms with van der Waals surface area (Å²) in [6.45, 7) is 1.26. The largest absolute Gasteiger partial charge is 0.477 e. The molecule has 0 radical (unpaired) electrons. The van der Waals surface area contributed by atoms with Crippen molar-refractivity contribution >= 4 is 5.91 Å². The van der Waals surface area contributed by atoms with Gasteiger partial charge in [0.05, 0.1) is 12.2 Å². The molecule has 0 bridgehead atoms. The van der Waals surface area contributed by atoms with E-state index in [1.54, 1.807) is 12.1 Å². The first-order valence-corrected chi connectivity index (χ1v) is 6.27. The molecular formula is C13H18N2O3. The molecule has 0 unspecified atom stereocenters. The number of aliphatic hydroxyl groups excluding tert-OH is 1. The summed E-state index contributed by atoms with van der Waals surface area (Å²) in [6, 6.07) is 3.41. The number of rotatable bonds is 7. The van der Waals surface area contributed by atoms with Gasteiger partial charge in [0.15, 0.2) is 0 Å². The summed E-state index contributed by atoms with van der Waals surface area (Å²) in [5.74, 6) is 1.08. The molecule has 1 fully saturated rings. The maximum atomic E-state index is 11.6. The van der Waals surface area contributed by atoms with Gasteiger partial charge in [-0.15, -0.1) is 0 Å². The second-order valence-corrected chi connectivity index (χ2v) is 4.47. The zero-order valence-electron chi connectivity index (χ0n) is 10.3. The van der Waals surface area contributed by atoms with Crippen LogP contribution in [0.3, 0.4) is 0 Å². The van der Waals surface area contributed by atoms with Crippen molar-refractivity contribution < 1.29 is 14.6 Å². The molecule has 0 aromatic carbocycles. The van der Waals surface area contributed by atoms with E-state index < -0.39 is 0 Å². The van der Waals surface area contributed by atoms with Crippen LogP contribution in [0, 0.1) is 5.92 Å². The van der Waals surface area contributed by atoms with E-state index in [1.807, 2.05) is 0 Å². The Morgan fingerprint density at radius 1 is 1.50 bits per heavy atom. The monoisotopic (exact) mass is 250 g/mol. The molecule has 5 nitrogen and oxygen atoms in total. The van der Waals surface area contributed by atoms with Crippen molar-refractivity contribution in [2.24, 2.45) is 5.92 Å². The number of ether oxygens (including phenoxy) is 1. The summed E-state index contributed by atoms with van der Waals surface area (Å²) < 4.78 is 5.49. The molecule has 0 spiro atoms. The highest BCUT2D eigenvalue weighted by molar-refractivity contribution is 5.93. The lowest BCUT2D eigenvalue weighted by molar-refractivity contribution is 0.0950. The van der Waals surface area contributed by atoms with Crippen LogP contribution in [-0.2, 0) is 0 Å². The molecule has 1 saturated carbocycles. The van der Waals surface area contributed by atoms with Crippen LogP contribution in [0.25, 0.3) is 0 Å². The van der Waals surface area contributed by atoms with Gasteiger partial charge in [-0.3, -0.25) is 4.79 Å². The molecule has 98 valence electrons. The van der Waals surface area contributed by atoms with Gasteiger partial charge in [-0.1, -0.05) is 0 Å².